The van der Waals surface area contributed by atoms with Crippen LogP contribution in [0.15, 0.2) is 0 Å². The second-order valence-electron chi connectivity index (χ2n) is 4.85. The number of carbonyl (C=O) groups excluding carboxylic acids is 1. The molecule has 0 saturated carbocycles. The van der Waals surface area contributed by atoms with Crippen LogP contribution in [-0.2, 0) is 9.53 Å². The van der Waals surface area contributed by atoms with Crippen molar-refractivity contribution in [1.29, 1.82) is 0 Å². The SMILES string of the molecule is CC(=O)CCC(C)C1OCC(C)C1C. The molecule has 0 radical (unpaired) electrons. The topological polar surface area (TPSA) is 26.3 Å². The first-order valence-electron chi connectivity index (χ1n) is 5.63. The summed E-state index contributed by atoms with van der Waals surface area (Å²) in [5, 5.41) is 0. The van der Waals surface area contributed by atoms with Crippen LogP contribution in [0.5, 0.6) is 0 Å². The number of Topliss-reactive ketones (excluding diaryl/α,β-unsaturated/α-hetero) is 1. The highest BCUT2D eigenvalue weighted by atomic mass is 16.5. The van der Waals surface area contributed by atoms with E-state index in [0.29, 0.717) is 30.3 Å². The Balaban J connectivity index is 2.37. The van der Waals surface area contributed by atoms with Crippen LogP contribution >= 0.6 is 0 Å². The third kappa shape index (κ3) is 2.81. The molecule has 1 rings (SSSR count). The smallest absolute Gasteiger partial charge is 0.129 e. The van der Waals surface area contributed by atoms with Gasteiger partial charge in [0.05, 0.1) is 6.10 Å². The summed E-state index contributed by atoms with van der Waals surface area (Å²) < 4.78 is 5.76. The minimum Gasteiger partial charge on any atom is -0.377 e. The normalized spacial score (nSPS) is 34.4. The van der Waals surface area contributed by atoms with Gasteiger partial charge in [-0.3, -0.25) is 0 Å². The molecule has 4 unspecified atom stereocenters. The predicted molar refractivity (Wildman–Crippen MR) is 57.1 cm³/mol. The highest BCUT2D eigenvalue weighted by molar-refractivity contribution is 5.75. The van der Waals surface area contributed by atoms with Crippen LogP contribution < -0.4 is 0 Å². The molecule has 2 heteroatoms. The Hall–Kier alpha value is -0.370. The van der Waals surface area contributed by atoms with Gasteiger partial charge in [-0.15, -0.1) is 0 Å². The van der Waals surface area contributed by atoms with E-state index in [0.717, 1.165) is 13.0 Å². The number of ketones is 1. The minimum absolute atomic E-state index is 0.288. The van der Waals surface area contributed by atoms with E-state index in [9.17, 15) is 4.79 Å². The molecule has 0 spiro atoms. The molecule has 0 aliphatic carbocycles. The zero-order valence-electron chi connectivity index (χ0n) is 9.75. The Morgan fingerprint density at radius 3 is 2.57 bits per heavy atom. The van der Waals surface area contributed by atoms with E-state index in [2.05, 4.69) is 20.8 Å². The fourth-order valence-electron chi connectivity index (χ4n) is 2.17. The Morgan fingerprint density at radius 1 is 1.50 bits per heavy atom. The van der Waals surface area contributed by atoms with E-state index in [1.807, 2.05) is 0 Å². The summed E-state index contributed by atoms with van der Waals surface area (Å²) in [7, 11) is 0. The van der Waals surface area contributed by atoms with Crippen molar-refractivity contribution in [2.24, 2.45) is 17.8 Å². The van der Waals surface area contributed by atoms with Crippen molar-refractivity contribution >= 4 is 5.78 Å². The molecule has 82 valence electrons. The summed E-state index contributed by atoms with van der Waals surface area (Å²) in [6, 6.07) is 0. The summed E-state index contributed by atoms with van der Waals surface area (Å²) in [6.45, 7) is 9.24. The van der Waals surface area contributed by atoms with Crippen molar-refractivity contribution in [3.8, 4) is 0 Å². The fourth-order valence-corrected chi connectivity index (χ4v) is 2.17. The average molecular weight is 198 g/mol. The fraction of sp³-hybridized carbons (Fsp3) is 0.917. The van der Waals surface area contributed by atoms with Crippen molar-refractivity contribution in [2.75, 3.05) is 6.61 Å². The van der Waals surface area contributed by atoms with E-state index in [4.69, 9.17) is 4.74 Å². The van der Waals surface area contributed by atoms with Gasteiger partial charge in [0, 0.05) is 13.0 Å². The highest BCUT2D eigenvalue weighted by Crippen LogP contribution is 2.32. The molecule has 0 aromatic heterocycles. The van der Waals surface area contributed by atoms with Gasteiger partial charge in [-0.05, 0) is 31.1 Å². The van der Waals surface area contributed by atoms with Crippen molar-refractivity contribution < 1.29 is 9.53 Å². The van der Waals surface area contributed by atoms with Crippen molar-refractivity contribution in [2.45, 2.75) is 46.6 Å². The predicted octanol–water partition coefficient (Wildman–Crippen LogP) is 2.66. The summed E-state index contributed by atoms with van der Waals surface area (Å²) in [5.41, 5.74) is 0. The highest BCUT2D eigenvalue weighted by Gasteiger charge is 2.34. The first-order valence-corrected chi connectivity index (χ1v) is 5.63. The summed E-state index contributed by atoms with van der Waals surface area (Å²) in [4.78, 5) is 10.9. The lowest BCUT2D eigenvalue weighted by molar-refractivity contribution is -0.117. The molecule has 0 aromatic carbocycles. The first kappa shape index (κ1) is 11.7. The summed E-state index contributed by atoms with van der Waals surface area (Å²) in [6.07, 6.45) is 2.03. The van der Waals surface area contributed by atoms with Crippen LogP contribution in [0, 0.1) is 17.8 Å². The molecular formula is C12H22O2. The molecule has 1 heterocycles. The number of hydrogen-bond acceptors (Lipinski definition) is 2. The van der Waals surface area contributed by atoms with E-state index < -0.39 is 0 Å². The Kier molecular flexibility index (Phi) is 4.11. The van der Waals surface area contributed by atoms with Gasteiger partial charge in [-0.25, -0.2) is 0 Å². The zero-order valence-corrected chi connectivity index (χ0v) is 9.75. The molecular weight excluding hydrogens is 176 g/mol. The second kappa shape index (κ2) is 4.92. The van der Waals surface area contributed by atoms with E-state index in [-0.39, 0.29) is 5.78 Å². The molecule has 1 aliphatic heterocycles. The van der Waals surface area contributed by atoms with Gasteiger partial charge in [0.25, 0.3) is 0 Å². The molecule has 0 N–H and O–H groups in total. The van der Waals surface area contributed by atoms with Crippen LogP contribution in [0.25, 0.3) is 0 Å². The van der Waals surface area contributed by atoms with Crippen LogP contribution in [0.1, 0.15) is 40.5 Å². The van der Waals surface area contributed by atoms with E-state index in [1.54, 1.807) is 6.92 Å². The molecule has 1 saturated heterocycles. The molecule has 1 fully saturated rings. The summed E-state index contributed by atoms with van der Waals surface area (Å²) in [5.74, 6) is 2.10. The minimum atomic E-state index is 0.288. The van der Waals surface area contributed by atoms with Crippen molar-refractivity contribution in [3.05, 3.63) is 0 Å². The molecule has 2 nitrogen and oxygen atoms in total. The monoisotopic (exact) mass is 198 g/mol. The Bertz CT molecular complexity index is 200. The number of ether oxygens (including phenoxy) is 1. The third-order valence-electron chi connectivity index (χ3n) is 3.48. The van der Waals surface area contributed by atoms with Gasteiger partial charge < -0.3 is 9.53 Å². The van der Waals surface area contributed by atoms with E-state index >= 15 is 0 Å². The molecule has 1 aliphatic rings. The molecule has 0 amide bonds. The molecule has 14 heavy (non-hydrogen) atoms. The molecule has 0 aromatic rings. The second-order valence-corrected chi connectivity index (χ2v) is 4.85. The average Bonchev–Trinajstić information content (AvgIpc) is 2.44. The lowest BCUT2D eigenvalue weighted by atomic mass is 9.85. The van der Waals surface area contributed by atoms with Gasteiger partial charge in [0.15, 0.2) is 0 Å². The summed E-state index contributed by atoms with van der Waals surface area (Å²) >= 11 is 0. The lowest BCUT2D eigenvalue weighted by Gasteiger charge is -2.23. The van der Waals surface area contributed by atoms with E-state index in [1.165, 1.54) is 0 Å². The van der Waals surface area contributed by atoms with Crippen LogP contribution in [0.4, 0.5) is 0 Å². The van der Waals surface area contributed by atoms with Gasteiger partial charge in [-0.2, -0.15) is 0 Å². The van der Waals surface area contributed by atoms with Crippen molar-refractivity contribution in [3.63, 3.8) is 0 Å². The largest absolute Gasteiger partial charge is 0.377 e. The van der Waals surface area contributed by atoms with Gasteiger partial charge in [0.1, 0.15) is 5.78 Å². The third-order valence-corrected chi connectivity index (χ3v) is 3.48. The number of hydrogen-bond donors (Lipinski definition) is 0. The maximum Gasteiger partial charge on any atom is 0.129 e. The maximum absolute atomic E-state index is 10.9. The van der Waals surface area contributed by atoms with Crippen LogP contribution in [-0.4, -0.2) is 18.5 Å². The van der Waals surface area contributed by atoms with Crippen LogP contribution in [0.3, 0.4) is 0 Å². The number of carbonyl (C=O) groups is 1. The molecule has 0 bridgehead atoms. The standard InChI is InChI=1S/C12H22O2/c1-8(5-6-10(3)13)12-11(4)9(2)7-14-12/h8-9,11-12H,5-7H2,1-4H3. The van der Waals surface area contributed by atoms with Gasteiger partial charge in [-0.1, -0.05) is 20.8 Å². The zero-order chi connectivity index (χ0) is 10.7. The quantitative estimate of drug-likeness (QED) is 0.694. The van der Waals surface area contributed by atoms with Gasteiger partial charge in [0.2, 0.25) is 0 Å². The van der Waals surface area contributed by atoms with Crippen LogP contribution in [0.2, 0.25) is 0 Å². The maximum atomic E-state index is 10.9. The number of rotatable bonds is 4. The first-order chi connectivity index (χ1) is 6.52. The van der Waals surface area contributed by atoms with Gasteiger partial charge >= 0.3 is 0 Å². The lowest BCUT2D eigenvalue weighted by Crippen LogP contribution is -2.24. The Labute approximate surface area is 87.0 Å². The molecule has 4 atom stereocenters. The Morgan fingerprint density at radius 2 is 2.14 bits per heavy atom. The van der Waals surface area contributed by atoms with Crippen molar-refractivity contribution in [1.82, 2.24) is 0 Å².